The average molecular weight is 666 g/mol. The Hall–Kier alpha value is 2.59. The fraction of sp³-hybridized carbons (Fsp3) is 0.917. The summed E-state index contributed by atoms with van der Waals surface area (Å²) in [5.41, 5.74) is 2.29. The first-order valence-corrected chi connectivity index (χ1v) is 30.1. The fourth-order valence-electron chi connectivity index (χ4n) is 7.41. The van der Waals surface area contributed by atoms with Gasteiger partial charge < -0.3 is 14.9 Å². The molecule has 0 radical (unpaired) electrons. The summed E-state index contributed by atoms with van der Waals surface area (Å²) in [6.45, 7) is 19.2. The van der Waals surface area contributed by atoms with Gasteiger partial charge >= 0.3 is 37.9 Å². The summed E-state index contributed by atoms with van der Waals surface area (Å²) >= 11 is 3.25. The Balaban J connectivity index is 0.00000170. The van der Waals surface area contributed by atoms with Crippen LogP contribution < -0.4 is 0 Å². The standard InChI is InChI=1S/C22H45BrSi3.2CH3.2ClH.Zr/c1-24(2,3)16-17-11-12-18(15-17)25(4,5)26(6,7)22-14-13-19-20(22)9-8-10-21(19)23;;;;;/h17-22H,8-16H2,1-7H3;2*1H3;2*1H;/q;2*-1;;;+4/p-2. The molecule has 3 aliphatic rings. The summed E-state index contributed by atoms with van der Waals surface area (Å²) in [6.07, 6.45) is 12.4. The normalized spacial score (nSPS) is 33.2. The number of fused-ring (bicyclic) bond motifs is 1. The van der Waals surface area contributed by atoms with Gasteiger partial charge in [-0.3, -0.25) is 0 Å². The third-order valence-corrected chi connectivity index (χ3v) is 33.1. The van der Waals surface area contributed by atoms with E-state index in [2.05, 4.69) is 61.8 Å². The van der Waals surface area contributed by atoms with Gasteiger partial charge in [0.15, 0.2) is 0 Å². The van der Waals surface area contributed by atoms with Crippen molar-refractivity contribution in [2.45, 2.75) is 119 Å². The van der Waals surface area contributed by atoms with E-state index in [0.717, 1.165) is 33.7 Å². The molecule has 184 valence electrons. The topological polar surface area (TPSA) is 0 Å². The molecule has 0 heterocycles. The van der Waals surface area contributed by atoms with Crippen molar-refractivity contribution >= 4 is 56.2 Å². The van der Waals surface area contributed by atoms with Crippen LogP contribution in [0.2, 0.25) is 63.0 Å². The van der Waals surface area contributed by atoms with Gasteiger partial charge in [-0.2, -0.15) is 0 Å². The van der Waals surface area contributed by atoms with E-state index in [1.807, 2.05) is 0 Å². The second-order valence-corrected chi connectivity index (χ2v) is 39.2. The van der Waals surface area contributed by atoms with Crippen LogP contribution in [-0.2, 0) is 20.8 Å². The Morgan fingerprint density at radius 3 is 1.90 bits per heavy atom. The molecule has 0 N–H and O–H groups in total. The molecule has 0 saturated heterocycles. The zero-order valence-corrected chi connectivity index (χ0v) is 30.5. The number of hydrogen-bond acceptors (Lipinski definition) is 0. The Bertz CT molecular complexity index is 527. The first-order valence-electron chi connectivity index (χ1n) is 12.0. The van der Waals surface area contributed by atoms with E-state index in [1.165, 1.54) is 19.3 Å². The summed E-state index contributed by atoms with van der Waals surface area (Å²) in [5.74, 6) is 3.19. The molecule has 0 bridgehead atoms. The Morgan fingerprint density at radius 1 is 0.774 bits per heavy atom. The van der Waals surface area contributed by atoms with Crippen LogP contribution in [0.3, 0.4) is 0 Å². The van der Waals surface area contributed by atoms with E-state index in [1.54, 1.807) is 38.1 Å². The van der Waals surface area contributed by atoms with Crippen molar-refractivity contribution in [3.63, 3.8) is 0 Å². The Labute approximate surface area is 226 Å². The first-order chi connectivity index (χ1) is 13.3. The summed E-state index contributed by atoms with van der Waals surface area (Å²) in [7, 11) is 6.68. The second kappa shape index (κ2) is 13.8. The summed E-state index contributed by atoms with van der Waals surface area (Å²) in [6, 6.07) is 1.59. The van der Waals surface area contributed by atoms with Crippen LogP contribution >= 0.6 is 33.0 Å². The van der Waals surface area contributed by atoms with Gasteiger partial charge in [-0.05, 0) is 41.7 Å². The van der Waals surface area contributed by atoms with Gasteiger partial charge in [-0.1, -0.05) is 106 Å². The molecular formula is C24H51BrCl2Si3Zr. The first kappa shape index (κ1) is 33.6. The molecule has 31 heavy (non-hydrogen) atoms. The van der Waals surface area contributed by atoms with Crippen LogP contribution in [0.4, 0.5) is 0 Å². The van der Waals surface area contributed by atoms with Crippen LogP contribution in [0, 0.1) is 32.6 Å². The average Bonchev–Trinajstić information content (AvgIpc) is 3.22. The number of rotatable bonds is 5. The molecule has 0 aromatic carbocycles. The molecule has 0 aliphatic heterocycles. The van der Waals surface area contributed by atoms with Crippen LogP contribution in [0.15, 0.2) is 0 Å². The predicted molar refractivity (Wildman–Crippen MR) is 155 cm³/mol. The maximum absolute atomic E-state index is 4.93. The molecular weight excluding hydrogens is 615 g/mol. The van der Waals surface area contributed by atoms with Gasteiger partial charge in [0.05, 0.1) is 0 Å². The van der Waals surface area contributed by atoms with E-state index in [4.69, 9.17) is 17.0 Å². The molecule has 0 amide bonds. The van der Waals surface area contributed by atoms with E-state index < -0.39 is 44.1 Å². The van der Waals surface area contributed by atoms with Gasteiger partial charge in [0.25, 0.3) is 0 Å². The molecule has 0 aromatic rings. The van der Waals surface area contributed by atoms with Crippen LogP contribution in [-0.4, -0.2) is 28.1 Å². The number of halogens is 3. The van der Waals surface area contributed by atoms with Crippen molar-refractivity contribution < 1.29 is 20.8 Å². The van der Waals surface area contributed by atoms with Gasteiger partial charge in [0.2, 0.25) is 0 Å². The molecule has 6 atom stereocenters. The summed E-state index contributed by atoms with van der Waals surface area (Å²) in [5, 5.41) is 0. The minimum absolute atomic E-state index is 0. The van der Waals surface area contributed by atoms with Gasteiger partial charge in [-0.15, -0.1) is 0 Å². The fourth-order valence-corrected chi connectivity index (χ4v) is 24.6. The van der Waals surface area contributed by atoms with E-state index in [-0.39, 0.29) is 14.9 Å². The van der Waals surface area contributed by atoms with Crippen molar-refractivity contribution in [2.24, 2.45) is 17.8 Å². The number of hydrogen-bond donors (Lipinski definition) is 0. The summed E-state index contributed by atoms with van der Waals surface area (Å²) in [4.78, 5) is 0.841. The quantitative estimate of drug-likeness (QED) is 0.156. The van der Waals surface area contributed by atoms with E-state index in [9.17, 15) is 0 Å². The van der Waals surface area contributed by atoms with Crippen molar-refractivity contribution in [3.8, 4) is 0 Å². The molecule has 3 rings (SSSR count). The molecule has 7 heteroatoms. The Kier molecular flexibility index (Phi) is 14.9. The maximum atomic E-state index is 4.93. The van der Waals surface area contributed by atoms with Crippen molar-refractivity contribution in [1.82, 2.24) is 0 Å². The Morgan fingerprint density at radius 2 is 1.35 bits per heavy atom. The minimum atomic E-state index is -1.16. The molecule has 3 fully saturated rings. The molecule has 0 spiro atoms. The van der Waals surface area contributed by atoms with Crippen molar-refractivity contribution in [1.29, 1.82) is 0 Å². The van der Waals surface area contributed by atoms with Crippen LogP contribution in [0.5, 0.6) is 0 Å². The van der Waals surface area contributed by atoms with Crippen molar-refractivity contribution in [2.75, 3.05) is 0 Å². The third-order valence-electron chi connectivity index (χ3n) is 9.41. The molecule has 0 aromatic heterocycles. The molecule has 0 nitrogen and oxygen atoms in total. The van der Waals surface area contributed by atoms with E-state index in [0.29, 0.717) is 0 Å². The van der Waals surface area contributed by atoms with Crippen molar-refractivity contribution in [3.05, 3.63) is 14.9 Å². The monoisotopic (exact) mass is 662 g/mol. The van der Waals surface area contributed by atoms with Gasteiger partial charge in [-0.25, -0.2) is 0 Å². The second-order valence-electron chi connectivity index (χ2n) is 12.6. The molecule has 3 aliphatic carbocycles. The number of alkyl halides is 1. The van der Waals surface area contributed by atoms with Gasteiger partial charge in [0.1, 0.15) is 0 Å². The van der Waals surface area contributed by atoms with Crippen LogP contribution in [0.25, 0.3) is 0 Å². The zero-order chi connectivity index (χ0) is 22.0. The predicted octanol–water partition coefficient (Wildman–Crippen LogP) is 10.6. The van der Waals surface area contributed by atoms with Crippen LogP contribution in [0.1, 0.15) is 51.4 Å². The van der Waals surface area contributed by atoms with E-state index >= 15 is 0 Å². The molecule has 3 saturated carbocycles. The molecule has 6 unspecified atom stereocenters. The summed E-state index contributed by atoms with van der Waals surface area (Å²) < 4.78 is 0. The zero-order valence-electron chi connectivity index (χ0n) is 22.0. The third kappa shape index (κ3) is 8.31. The SMILES string of the molecule is C[Si](C)(C)CC1CCC([Si](C)(C)[Si](C)(C)C2CCC3C(Br)CCCC32)C1.[CH3-].[CH3-].[Cl][Zr+2][Cl]. The van der Waals surface area contributed by atoms with Gasteiger partial charge in [0, 0.05) is 28.1 Å².